The average molecular weight is 328 g/mol. The lowest BCUT2D eigenvalue weighted by atomic mass is 9.93. The maximum Gasteiger partial charge on any atom is 0.336 e. The van der Waals surface area contributed by atoms with Crippen molar-refractivity contribution in [2.75, 3.05) is 7.11 Å². The lowest BCUT2D eigenvalue weighted by molar-refractivity contribution is -0.136. The van der Waals surface area contributed by atoms with E-state index >= 15 is 0 Å². The Kier molecular flexibility index (Phi) is 5.04. The van der Waals surface area contributed by atoms with Crippen molar-refractivity contribution in [2.24, 2.45) is 5.73 Å². The van der Waals surface area contributed by atoms with Gasteiger partial charge in [0, 0.05) is 27.6 Å². The third kappa shape index (κ3) is 3.12. The molecular weight excluding hydrogens is 313 g/mol. The van der Waals surface area contributed by atoms with Crippen molar-refractivity contribution in [3.05, 3.63) is 45.0 Å². The van der Waals surface area contributed by atoms with Crippen LogP contribution in [-0.4, -0.2) is 18.9 Å². The summed E-state index contributed by atoms with van der Waals surface area (Å²) >= 11 is 12.3. The molecule has 1 atom stereocenters. The van der Waals surface area contributed by atoms with Crippen LogP contribution >= 0.6 is 23.2 Å². The summed E-state index contributed by atoms with van der Waals surface area (Å²) < 4.78 is 4.78. The highest BCUT2D eigenvalue weighted by Crippen LogP contribution is 2.36. The molecule has 21 heavy (non-hydrogen) atoms. The molecule has 0 saturated heterocycles. The predicted molar refractivity (Wildman–Crippen MR) is 81.3 cm³/mol. The molecule has 0 spiro atoms. The van der Waals surface area contributed by atoms with Gasteiger partial charge < -0.3 is 10.5 Å². The normalized spacial score (nSPS) is 18.6. The first-order chi connectivity index (χ1) is 9.97. The minimum atomic E-state index is -0.893. The summed E-state index contributed by atoms with van der Waals surface area (Å²) in [7, 11) is 1.25. The Morgan fingerprint density at radius 3 is 2.38 bits per heavy atom. The Morgan fingerprint density at radius 2 is 1.90 bits per heavy atom. The summed E-state index contributed by atoms with van der Waals surface area (Å²) in [5.74, 6) is -0.697. The van der Waals surface area contributed by atoms with Gasteiger partial charge in [0.2, 0.25) is 0 Å². The third-order valence-corrected chi connectivity index (χ3v) is 4.18. The second kappa shape index (κ2) is 6.60. The fourth-order valence-corrected chi connectivity index (χ4v) is 3.13. The Bertz CT molecular complexity index is 605. The Balaban J connectivity index is 2.57. The van der Waals surface area contributed by atoms with E-state index in [4.69, 9.17) is 33.7 Å². The number of nitrogens with two attached hydrogens (primary N) is 1. The van der Waals surface area contributed by atoms with E-state index in [0.29, 0.717) is 40.4 Å². The number of carbonyl (C=O) groups is 2. The number of halogens is 2. The first kappa shape index (κ1) is 16.0. The number of hydrogen-bond donors (Lipinski definition) is 1. The SMILES string of the molecule is COC(=O)/C(=C1\CCCC1=O)C(N)c1c(Cl)cccc1Cl. The average Bonchev–Trinajstić information content (AvgIpc) is 2.85. The van der Waals surface area contributed by atoms with Crippen LogP contribution in [0.15, 0.2) is 29.3 Å². The van der Waals surface area contributed by atoms with Gasteiger partial charge >= 0.3 is 5.97 Å². The minimum absolute atomic E-state index is 0.0750. The third-order valence-electron chi connectivity index (χ3n) is 3.52. The van der Waals surface area contributed by atoms with E-state index in [2.05, 4.69) is 0 Å². The number of esters is 1. The van der Waals surface area contributed by atoms with E-state index in [0.717, 1.165) is 0 Å². The maximum absolute atomic E-state index is 12.1. The molecular formula is C15H15Cl2NO3. The second-order valence-corrected chi connectivity index (χ2v) is 5.59. The zero-order valence-corrected chi connectivity index (χ0v) is 13.0. The summed E-state index contributed by atoms with van der Waals surface area (Å²) in [6, 6.07) is 4.07. The van der Waals surface area contributed by atoms with Crippen molar-refractivity contribution in [1.29, 1.82) is 0 Å². The van der Waals surface area contributed by atoms with Crippen molar-refractivity contribution in [3.63, 3.8) is 0 Å². The van der Waals surface area contributed by atoms with Crippen LogP contribution in [0.3, 0.4) is 0 Å². The molecule has 1 aliphatic carbocycles. The number of carbonyl (C=O) groups excluding carboxylic acids is 2. The molecule has 0 heterocycles. The molecule has 0 amide bonds. The molecule has 2 rings (SSSR count). The number of Topliss-reactive ketones (excluding diaryl/α,β-unsaturated/α-hetero) is 1. The lowest BCUT2D eigenvalue weighted by Gasteiger charge is -2.19. The summed E-state index contributed by atoms with van der Waals surface area (Å²) in [5.41, 5.74) is 7.17. The van der Waals surface area contributed by atoms with Gasteiger partial charge in [-0.05, 0) is 25.0 Å². The van der Waals surface area contributed by atoms with Crippen LogP contribution in [0.25, 0.3) is 0 Å². The molecule has 0 radical (unpaired) electrons. The standard InChI is InChI=1S/C15H15Cl2NO3/c1-21-15(20)12(8-4-2-7-11(8)19)14(18)13-9(16)5-3-6-10(13)17/h3,5-6,14H,2,4,7,18H2,1H3/b12-8+. The predicted octanol–water partition coefficient (Wildman–Crippen LogP) is 3.22. The van der Waals surface area contributed by atoms with Gasteiger partial charge in [0.05, 0.1) is 18.7 Å². The second-order valence-electron chi connectivity index (χ2n) is 4.77. The van der Waals surface area contributed by atoms with E-state index in [1.165, 1.54) is 7.11 Å². The molecule has 1 aromatic rings. The van der Waals surface area contributed by atoms with Gasteiger partial charge in [0.15, 0.2) is 5.78 Å². The molecule has 112 valence electrons. The fraction of sp³-hybridized carbons (Fsp3) is 0.333. The summed E-state index contributed by atoms with van der Waals surface area (Å²) in [4.78, 5) is 24.0. The number of allylic oxidation sites excluding steroid dienone is 1. The number of hydrogen-bond acceptors (Lipinski definition) is 4. The van der Waals surface area contributed by atoms with Crippen molar-refractivity contribution in [2.45, 2.75) is 25.3 Å². The van der Waals surface area contributed by atoms with Crippen molar-refractivity contribution in [1.82, 2.24) is 0 Å². The van der Waals surface area contributed by atoms with Crippen LogP contribution in [0.5, 0.6) is 0 Å². The molecule has 4 nitrogen and oxygen atoms in total. The largest absolute Gasteiger partial charge is 0.466 e. The van der Waals surface area contributed by atoms with E-state index in [1.54, 1.807) is 18.2 Å². The van der Waals surface area contributed by atoms with Crippen LogP contribution in [-0.2, 0) is 14.3 Å². The number of benzene rings is 1. The van der Waals surface area contributed by atoms with Crippen LogP contribution in [0.1, 0.15) is 30.9 Å². The molecule has 1 aromatic carbocycles. The molecule has 0 aliphatic heterocycles. The van der Waals surface area contributed by atoms with Crippen molar-refractivity contribution >= 4 is 35.0 Å². The van der Waals surface area contributed by atoms with Crippen LogP contribution in [0, 0.1) is 0 Å². The highest BCUT2D eigenvalue weighted by atomic mass is 35.5. The Labute approximate surface area is 132 Å². The highest BCUT2D eigenvalue weighted by Gasteiger charge is 2.31. The van der Waals surface area contributed by atoms with Gasteiger partial charge in [-0.25, -0.2) is 4.79 Å². The highest BCUT2D eigenvalue weighted by molar-refractivity contribution is 6.36. The van der Waals surface area contributed by atoms with Crippen LogP contribution < -0.4 is 5.73 Å². The van der Waals surface area contributed by atoms with Crippen LogP contribution in [0.2, 0.25) is 10.0 Å². The number of ether oxygens (including phenoxy) is 1. The fourth-order valence-electron chi connectivity index (χ4n) is 2.50. The Hall–Kier alpha value is -1.36. The molecule has 1 saturated carbocycles. The number of ketones is 1. The minimum Gasteiger partial charge on any atom is -0.466 e. The van der Waals surface area contributed by atoms with Gasteiger partial charge in [-0.1, -0.05) is 29.3 Å². The van der Waals surface area contributed by atoms with Crippen molar-refractivity contribution in [3.8, 4) is 0 Å². The maximum atomic E-state index is 12.1. The molecule has 6 heteroatoms. The molecule has 0 bridgehead atoms. The number of methoxy groups -OCH3 is 1. The van der Waals surface area contributed by atoms with Gasteiger partial charge in [0.1, 0.15) is 0 Å². The summed E-state index contributed by atoms with van der Waals surface area (Å²) in [6.07, 6.45) is 1.63. The first-order valence-corrected chi connectivity index (χ1v) is 7.27. The quantitative estimate of drug-likeness (QED) is 0.683. The molecule has 2 N–H and O–H groups in total. The van der Waals surface area contributed by atoms with Crippen molar-refractivity contribution < 1.29 is 14.3 Å². The van der Waals surface area contributed by atoms with E-state index in [1.807, 2.05) is 0 Å². The van der Waals surface area contributed by atoms with Gasteiger partial charge in [0.25, 0.3) is 0 Å². The Morgan fingerprint density at radius 1 is 1.29 bits per heavy atom. The molecule has 1 unspecified atom stereocenters. The smallest absolute Gasteiger partial charge is 0.336 e. The van der Waals surface area contributed by atoms with Gasteiger partial charge in [-0.15, -0.1) is 0 Å². The molecule has 1 aliphatic rings. The zero-order valence-electron chi connectivity index (χ0n) is 11.5. The van der Waals surface area contributed by atoms with Crippen LogP contribution in [0.4, 0.5) is 0 Å². The molecule has 0 aromatic heterocycles. The lowest BCUT2D eigenvalue weighted by Crippen LogP contribution is -2.24. The van der Waals surface area contributed by atoms with E-state index in [9.17, 15) is 9.59 Å². The summed E-state index contributed by atoms with van der Waals surface area (Å²) in [6.45, 7) is 0. The van der Waals surface area contributed by atoms with E-state index < -0.39 is 12.0 Å². The monoisotopic (exact) mass is 327 g/mol. The van der Waals surface area contributed by atoms with Gasteiger partial charge in [-0.2, -0.15) is 0 Å². The first-order valence-electron chi connectivity index (χ1n) is 6.51. The van der Waals surface area contributed by atoms with E-state index in [-0.39, 0.29) is 11.4 Å². The molecule has 1 fully saturated rings. The number of rotatable bonds is 3. The zero-order chi connectivity index (χ0) is 15.6. The summed E-state index contributed by atoms with van der Waals surface area (Å²) in [5, 5.41) is 0.699. The topological polar surface area (TPSA) is 69.4 Å². The van der Waals surface area contributed by atoms with Gasteiger partial charge in [-0.3, -0.25) is 4.79 Å².